The molecule has 0 saturated carbocycles. The number of hydrogen-bond donors (Lipinski definition) is 3. The lowest BCUT2D eigenvalue weighted by molar-refractivity contribution is -0.121. The van der Waals surface area contributed by atoms with Crippen LogP contribution < -0.4 is 10.6 Å². The number of benzene rings is 1. The van der Waals surface area contributed by atoms with E-state index in [2.05, 4.69) is 20.6 Å². The van der Waals surface area contributed by atoms with Gasteiger partial charge in [-0.05, 0) is 25.1 Å². The van der Waals surface area contributed by atoms with Crippen LogP contribution in [0.1, 0.15) is 22.8 Å². The maximum atomic E-state index is 13.7. The van der Waals surface area contributed by atoms with Gasteiger partial charge in [-0.15, -0.1) is 0 Å². The molecule has 3 aromatic rings. The zero-order valence-corrected chi connectivity index (χ0v) is 15.8. The highest BCUT2D eigenvalue weighted by atomic mass is 35.5. The van der Waals surface area contributed by atoms with E-state index >= 15 is 0 Å². The highest BCUT2D eigenvalue weighted by Crippen LogP contribution is 2.39. The minimum Gasteiger partial charge on any atom is -0.382 e. The van der Waals surface area contributed by atoms with E-state index in [1.54, 1.807) is 6.92 Å². The minimum atomic E-state index is -1.04. The predicted molar refractivity (Wildman–Crippen MR) is 103 cm³/mol. The zero-order chi connectivity index (χ0) is 20.1. The number of aromatic amines is 1. The summed E-state index contributed by atoms with van der Waals surface area (Å²) in [5.41, 5.74) is 0.670. The topological polar surface area (TPSA) is 96.1 Å². The number of carbonyl (C=O) groups excluding carboxylic acids is 2. The summed E-state index contributed by atoms with van der Waals surface area (Å²) in [4.78, 5) is 32.7. The number of amides is 1. The normalized spacial score (nSPS) is 18.5. The summed E-state index contributed by atoms with van der Waals surface area (Å²) in [6, 6.07) is 3.61. The Bertz CT molecular complexity index is 1130. The van der Waals surface area contributed by atoms with Gasteiger partial charge < -0.3 is 20.4 Å². The average molecular weight is 403 g/mol. The first-order valence-electron chi connectivity index (χ1n) is 8.42. The molecular weight excluding hydrogens is 387 g/mol. The second-order valence-corrected chi connectivity index (χ2v) is 7.18. The smallest absolute Gasteiger partial charge is 0.252 e. The fourth-order valence-corrected chi connectivity index (χ4v) is 3.50. The van der Waals surface area contributed by atoms with Crippen molar-refractivity contribution < 1.29 is 18.7 Å². The van der Waals surface area contributed by atoms with Crippen molar-refractivity contribution in [2.24, 2.45) is 0 Å². The van der Waals surface area contributed by atoms with Crippen LogP contribution in [0.3, 0.4) is 0 Å². The summed E-state index contributed by atoms with van der Waals surface area (Å²) < 4.78 is 18.8. The fourth-order valence-electron chi connectivity index (χ4n) is 3.30. The van der Waals surface area contributed by atoms with E-state index in [4.69, 9.17) is 16.3 Å². The summed E-state index contributed by atoms with van der Waals surface area (Å²) in [6.07, 6.45) is 2.99. The molecule has 0 saturated heterocycles. The molecule has 1 aromatic carbocycles. The Morgan fingerprint density at radius 3 is 2.89 bits per heavy atom. The molecule has 0 fully saturated rings. The second-order valence-electron chi connectivity index (χ2n) is 6.77. The lowest BCUT2D eigenvalue weighted by Crippen LogP contribution is -2.53. The lowest BCUT2D eigenvalue weighted by Gasteiger charge is -2.35. The number of rotatable bonds is 4. The Hall–Kier alpha value is -2.97. The van der Waals surface area contributed by atoms with Gasteiger partial charge in [-0.3, -0.25) is 9.59 Å². The Morgan fingerprint density at radius 1 is 1.36 bits per heavy atom. The van der Waals surface area contributed by atoms with Gasteiger partial charge in [0.15, 0.2) is 5.78 Å². The van der Waals surface area contributed by atoms with Crippen molar-refractivity contribution in [3.8, 4) is 0 Å². The van der Waals surface area contributed by atoms with Crippen LogP contribution >= 0.6 is 11.6 Å². The number of ketones is 1. The van der Waals surface area contributed by atoms with Crippen molar-refractivity contribution in [2.45, 2.75) is 12.5 Å². The summed E-state index contributed by atoms with van der Waals surface area (Å²) >= 11 is 6.11. The molecule has 1 aliphatic heterocycles. The van der Waals surface area contributed by atoms with Gasteiger partial charge in [0, 0.05) is 18.9 Å². The number of nitrogens with one attached hydrogen (secondary N) is 3. The molecular formula is C19H16ClFN4O3. The number of nitrogens with zero attached hydrogens (tertiary/aromatic N) is 1. The SMILES string of the molecule is COC[C@]1(C)Nc2c(cnc3[nH]cc(C(=O)c4cc(F)ccc4Cl)c23)NC1=O. The van der Waals surface area contributed by atoms with Gasteiger partial charge in [0.2, 0.25) is 0 Å². The number of carbonyl (C=O) groups is 2. The van der Waals surface area contributed by atoms with E-state index in [1.807, 2.05) is 0 Å². The Kier molecular flexibility index (Phi) is 4.32. The third kappa shape index (κ3) is 2.81. The Morgan fingerprint density at radius 2 is 2.14 bits per heavy atom. The lowest BCUT2D eigenvalue weighted by atomic mass is 9.96. The van der Waals surface area contributed by atoms with Crippen molar-refractivity contribution in [2.75, 3.05) is 24.4 Å². The Labute approximate surface area is 164 Å². The highest BCUT2D eigenvalue weighted by Gasteiger charge is 2.39. The molecule has 3 heterocycles. The molecule has 28 heavy (non-hydrogen) atoms. The molecule has 0 radical (unpaired) electrons. The van der Waals surface area contributed by atoms with E-state index in [-0.39, 0.29) is 28.7 Å². The number of anilines is 2. The van der Waals surface area contributed by atoms with E-state index in [9.17, 15) is 14.0 Å². The van der Waals surface area contributed by atoms with Crippen LogP contribution in [-0.4, -0.2) is 40.9 Å². The molecule has 1 amide bonds. The molecule has 7 nitrogen and oxygen atoms in total. The molecule has 4 rings (SSSR count). The molecule has 9 heteroatoms. The molecule has 0 aliphatic carbocycles. The third-order valence-electron chi connectivity index (χ3n) is 4.70. The van der Waals surface area contributed by atoms with Crippen LogP contribution in [0.4, 0.5) is 15.8 Å². The molecule has 1 atom stereocenters. The zero-order valence-electron chi connectivity index (χ0n) is 15.0. The van der Waals surface area contributed by atoms with E-state index in [0.29, 0.717) is 22.4 Å². The molecule has 0 bridgehead atoms. The number of hydrogen-bond acceptors (Lipinski definition) is 5. The first-order valence-corrected chi connectivity index (χ1v) is 8.80. The van der Waals surface area contributed by atoms with Gasteiger partial charge in [0.25, 0.3) is 5.91 Å². The molecule has 2 aromatic heterocycles. The number of ether oxygens (including phenoxy) is 1. The number of H-pyrrole nitrogens is 1. The van der Waals surface area contributed by atoms with Crippen LogP contribution in [0.5, 0.6) is 0 Å². The van der Waals surface area contributed by atoms with Gasteiger partial charge in [-0.1, -0.05) is 11.6 Å². The summed E-state index contributed by atoms with van der Waals surface area (Å²) in [6.45, 7) is 1.81. The number of methoxy groups -OCH3 is 1. The molecule has 0 spiro atoms. The number of fused-ring (bicyclic) bond motifs is 3. The van der Waals surface area contributed by atoms with E-state index in [0.717, 1.165) is 6.07 Å². The summed E-state index contributed by atoms with van der Waals surface area (Å²) in [7, 11) is 1.50. The van der Waals surface area contributed by atoms with E-state index < -0.39 is 17.1 Å². The molecule has 144 valence electrons. The van der Waals surface area contributed by atoms with Gasteiger partial charge in [-0.2, -0.15) is 0 Å². The van der Waals surface area contributed by atoms with Crippen molar-refractivity contribution in [3.63, 3.8) is 0 Å². The first kappa shape index (κ1) is 18.4. The van der Waals surface area contributed by atoms with Gasteiger partial charge in [0.05, 0.1) is 40.2 Å². The van der Waals surface area contributed by atoms with Gasteiger partial charge in [0.1, 0.15) is 17.0 Å². The van der Waals surface area contributed by atoms with Crippen LogP contribution in [0.15, 0.2) is 30.6 Å². The maximum absolute atomic E-state index is 13.7. The Balaban J connectivity index is 1.89. The fraction of sp³-hybridized carbons (Fsp3) is 0.211. The van der Waals surface area contributed by atoms with Gasteiger partial charge in [-0.25, -0.2) is 9.37 Å². The van der Waals surface area contributed by atoms with Crippen molar-refractivity contribution in [1.29, 1.82) is 0 Å². The monoisotopic (exact) mass is 402 g/mol. The summed E-state index contributed by atoms with van der Waals surface area (Å²) in [5.74, 6) is -1.30. The van der Waals surface area contributed by atoms with Gasteiger partial charge >= 0.3 is 0 Å². The minimum absolute atomic E-state index is 0.0414. The molecule has 1 aliphatic rings. The van der Waals surface area contributed by atoms with Crippen molar-refractivity contribution >= 4 is 45.7 Å². The largest absolute Gasteiger partial charge is 0.382 e. The van der Waals surface area contributed by atoms with Crippen LogP contribution in [-0.2, 0) is 9.53 Å². The number of halogens is 2. The van der Waals surface area contributed by atoms with Crippen molar-refractivity contribution in [1.82, 2.24) is 9.97 Å². The van der Waals surface area contributed by atoms with Crippen LogP contribution in [0.25, 0.3) is 11.0 Å². The average Bonchev–Trinajstić information content (AvgIpc) is 3.09. The second kappa shape index (κ2) is 6.57. The molecule has 0 unspecified atom stereocenters. The first-order chi connectivity index (χ1) is 13.3. The quantitative estimate of drug-likeness (QED) is 0.581. The highest BCUT2D eigenvalue weighted by molar-refractivity contribution is 6.36. The number of aromatic nitrogens is 2. The molecule has 3 N–H and O–H groups in total. The van der Waals surface area contributed by atoms with Crippen LogP contribution in [0.2, 0.25) is 5.02 Å². The van der Waals surface area contributed by atoms with Crippen molar-refractivity contribution in [3.05, 3.63) is 52.6 Å². The standard InChI is InChI=1S/C19H16ClFN4O3/c1-19(8-28-2)18(27)24-13-7-23-17-14(15(13)25-19)11(6-22-17)16(26)10-5-9(21)3-4-12(10)20/h3-7,25H,8H2,1-2H3,(H,22,23)(H,24,27)/t19-/m0/s1. The predicted octanol–water partition coefficient (Wildman–Crippen LogP) is 3.36. The number of pyridine rings is 1. The summed E-state index contributed by atoms with van der Waals surface area (Å²) in [5, 5.41) is 6.58. The van der Waals surface area contributed by atoms with Crippen LogP contribution in [0, 0.1) is 5.82 Å². The maximum Gasteiger partial charge on any atom is 0.252 e. The van der Waals surface area contributed by atoms with E-state index in [1.165, 1.54) is 31.6 Å². The third-order valence-corrected chi connectivity index (χ3v) is 5.03.